The van der Waals surface area contributed by atoms with E-state index >= 15 is 0 Å². The average molecular weight is 216 g/mol. The summed E-state index contributed by atoms with van der Waals surface area (Å²) in [7, 11) is 0. The van der Waals surface area contributed by atoms with Crippen molar-refractivity contribution in [1.29, 1.82) is 0 Å². The van der Waals surface area contributed by atoms with Gasteiger partial charge < -0.3 is 5.73 Å². The van der Waals surface area contributed by atoms with E-state index < -0.39 is 0 Å². The molecule has 2 nitrogen and oxygen atoms in total. The molecule has 0 saturated heterocycles. The molecule has 3 heteroatoms. The van der Waals surface area contributed by atoms with Crippen LogP contribution in [0.2, 0.25) is 0 Å². The standard InChI is InChI=1S/C13H13FN2/c1-9-4-5-16-8-12(9)11-3-2-10(7-15)6-13(11)14/h2-6,8H,7,15H2,1H3. The molecule has 0 aliphatic heterocycles. The predicted molar refractivity (Wildman–Crippen MR) is 62.3 cm³/mol. The highest BCUT2D eigenvalue weighted by Gasteiger charge is 2.07. The van der Waals surface area contributed by atoms with E-state index in [1.54, 1.807) is 18.5 Å². The normalized spacial score (nSPS) is 10.4. The number of benzene rings is 1. The number of aryl methyl sites for hydroxylation is 1. The van der Waals surface area contributed by atoms with Crippen LogP contribution < -0.4 is 5.73 Å². The van der Waals surface area contributed by atoms with Gasteiger partial charge in [0, 0.05) is 30.1 Å². The van der Waals surface area contributed by atoms with Gasteiger partial charge in [0.1, 0.15) is 5.82 Å². The molecule has 0 aliphatic rings. The van der Waals surface area contributed by atoms with E-state index in [1.807, 2.05) is 19.1 Å². The van der Waals surface area contributed by atoms with E-state index in [1.165, 1.54) is 6.07 Å². The van der Waals surface area contributed by atoms with E-state index in [0.717, 1.165) is 16.7 Å². The monoisotopic (exact) mass is 216 g/mol. The van der Waals surface area contributed by atoms with Crippen molar-refractivity contribution in [3.8, 4) is 11.1 Å². The lowest BCUT2D eigenvalue weighted by molar-refractivity contribution is 0.629. The maximum atomic E-state index is 13.8. The van der Waals surface area contributed by atoms with Gasteiger partial charge in [0.15, 0.2) is 0 Å². The second-order valence-corrected chi connectivity index (χ2v) is 3.71. The van der Waals surface area contributed by atoms with E-state index in [2.05, 4.69) is 4.98 Å². The van der Waals surface area contributed by atoms with Gasteiger partial charge in [-0.3, -0.25) is 4.98 Å². The van der Waals surface area contributed by atoms with Crippen molar-refractivity contribution < 1.29 is 4.39 Å². The van der Waals surface area contributed by atoms with Crippen molar-refractivity contribution in [3.63, 3.8) is 0 Å². The lowest BCUT2D eigenvalue weighted by Crippen LogP contribution is -1.98. The Hall–Kier alpha value is -1.74. The number of hydrogen-bond acceptors (Lipinski definition) is 2. The summed E-state index contributed by atoms with van der Waals surface area (Å²) in [5.74, 6) is -0.251. The smallest absolute Gasteiger partial charge is 0.131 e. The summed E-state index contributed by atoms with van der Waals surface area (Å²) in [4.78, 5) is 4.01. The van der Waals surface area contributed by atoms with Crippen LogP contribution in [0.3, 0.4) is 0 Å². The largest absolute Gasteiger partial charge is 0.326 e. The molecule has 0 spiro atoms. The Morgan fingerprint density at radius 2 is 2.06 bits per heavy atom. The van der Waals surface area contributed by atoms with Gasteiger partial charge in [-0.2, -0.15) is 0 Å². The Morgan fingerprint density at radius 3 is 2.69 bits per heavy atom. The highest BCUT2D eigenvalue weighted by molar-refractivity contribution is 5.66. The molecule has 0 bridgehead atoms. The SMILES string of the molecule is Cc1ccncc1-c1ccc(CN)cc1F. The van der Waals surface area contributed by atoms with Crippen molar-refractivity contribution in [1.82, 2.24) is 4.98 Å². The van der Waals surface area contributed by atoms with Crippen LogP contribution in [-0.2, 0) is 6.54 Å². The first-order valence-electron chi connectivity index (χ1n) is 5.12. The summed E-state index contributed by atoms with van der Waals surface area (Å²) in [6.45, 7) is 2.29. The Labute approximate surface area is 93.9 Å². The van der Waals surface area contributed by atoms with Crippen LogP contribution in [0.4, 0.5) is 4.39 Å². The lowest BCUT2D eigenvalue weighted by Gasteiger charge is -2.07. The van der Waals surface area contributed by atoms with Crippen LogP contribution in [0, 0.1) is 12.7 Å². The molecule has 16 heavy (non-hydrogen) atoms. The zero-order valence-corrected chi connectivity index (χ0v) is 9.07. The number of hydrogen-bond donors (Lipinski definition) is 1. The van der Waals surface area contributed by atoms with E-state index in [9.17, 15) is 4.39 Å². The fourth-order valence-electron chi connectivity index (χ4n) is 1.65. The third kappa shape index (κ3) is 1.95. The molecule has 2 rings (SSSR count). The Kier molecular flexibility index (Phi) is 2.97. The quantitative estimate of drug-likeness (QED) is 0.838. The zero-order chi connectivity index (χ0) is 11.5. The molecule has 0 atom stereocenters. The molecule has 2 aromatic rings. The predicted octanol–water partition coefficient (Wildman–Crippen LogP) is 2.65. The minimum absolute atomic E-state index is 0.251. The topological polar surface area (TPSA) is 38.9 Å². The highest BCUT2D eigenvalue weighted by Crippen LogP contribution is 2.25. The second kappa shape index (κ2) is 4.41. The second-order valence-electron chi connectivity index (χ2n) is 3.71. The van der Waals surface area contributed by atoms with E-state index in [4.69, 9.17) is 5.73 Å². The molecular formula is C13H13FN2. The Bertz CT molecular complexity index is 509. The van der Waals surface area contributed by atoms with Gasteiger partial charge >= 0.3 is 0 Å². The molecule has 1 aromatic carbocycles. The molecular weight excluding hydrogens is 203 g/mol. The molecule has 0 fully saturated rings. The number of nitrogens with two attached hydrogens (primary N) is 1. The fourth-order valence-corrected chi connectivity index (χ4v) is 1.65. The number of pyridine rings is 1. The van der Waals surface area contributed by atoms with Crippen molar-refractivity contribution in [2.45, 2.75) is 13.5 Å². The van der Waals surface area contributed by atoms with Crippen LogP contribution in [-0.4, -0.2) is 4.98 Å². The molecule has 1 aromatic heterocycles. The molecule has 0 radical (unpaired) electrons. The first-order chi connectivity index (χ1) is 7.72. The maximum Gasteiger partial charge on any atom is 0.131 e. The molecule has 82 valence electrons. The summed E-state index contributed by atoms with van der Waals surface area (Å²) in [5.41, 5.74) is 8.66. The number of halogens is 1. The van der Waals surface area contributed by atoms with Crippen LogP contribution in [0.15, 0.2) is 36.7 Å². The van der Waals surface area contributed by atoms with Gasteiger partial charge in [-0.1, -0.05) is 12.1 Å². The third-order valence-electron chi connectivity index (χ3n) is 2.60. The Morgan fingerprint density at radius 1 is 1.25 bits per heavy atom. The van der Waals surface area contributed by atoms with Gasteiger partial charge in [-0.05, 0) is 30.2 Å². The number of aromatic nitrogens is 1. The summed E-state index contributed by atoms with van der Waals surface area (Å²) in [6, 6.07) is 6.93. The van der Waals surface area contributed by atoms with E-state index in [-0.39, 0.29) is 5.82 Å². The maximum absolute atomic E-state index is 13.8. The third-order valence-corrected chi connectivity index (χ3v) is 2.60. The van der Waals surface area contributed by atoms with Gasteiger partial charge in [-0.15, -0.1) is 0 Å². The van der Waals surface area contributed by atoms with Gasteiger partial charge in [-0.25, -0.2) is 4.39 Å². The first-order valence-corrected chi connectivity index (χ1v) is 5.12. The van der Waals surface area contributed by atoms with Gasteiger partial charge in [0.2, 0.25) is 0 Å². The molecule has 0 aliphatic carbocycles. The van der Waals surface area contributed by atoms with Crippen molar-refractivity contribution >= 4 is 0 Å². The number of rotatable bonds is 2. The van der Waals surface area contributed by atoms with Crippen molar-refractivity contribution in [2.75, 3.05) is 0 Å². The van der Waals surface area contributed by atoms with Crippen LogP contribution in [0.1, 0.15) is 11.1 Å². The van der Waals surface area contributed by atoms with Gasteiger partial charge in [0.25, 0.3) is 0 Å². The molecule has 0 amide bonds. The summed E-state index contributed by atoms with van der Waals surface area (Å²) < 4.78 is 13.8. The summed E-state index contributed by atoms with van der Waals surface area (Å²) in [5, 5.41) is 0. The van der Waals surface area contributed by atoms with Gasteiger partial charge in [0.05, 0.1) is 0 Å². The first kappa shape index (κ1) is 10.8. The van der Waals surface area contributed by atoms with Crippen molar-refractivity contribution in [3.05, 3.63) is 53.6 Å². The zero-order valence-electron chi connectivity index (χ0n) is 9.07. The molecule has 2 N–H and O–H groups in total. The lowest BCUT2D eigenvalue weighted by atomic mass is 10.0. The number of nitrogens with zero attached hydrogens (tertiary/aromatic N) is 1. The van der Waals surface area contributed by atoms with Crippen molar-refractivity contribution in [2.24, 2.45) is 5.73 Å². The average Bonchev–Trinajstić information content (AvgIpc) is 2.30. The van der Waals surface area contributed by atoms with Crippen LogP contribution >= 0.6 is 0 Å². The van der Waals surface area contributed by atoms with Crippen LogP contribution in [0.25, 0.3) is 11.1 Å². The summed E-state index contributed by atoms with van der Waals surface area (Å²) >= 11 is 0. The fraction of sp³-hybridized carbons (Fsp3) is 0.154. The molecule has 0 saturated carbocycles. The minimum Gasteiger partial charge on any atom is -0.326 e. The van der Waals surface area contributed by atoms with E-state index in [0.29, 0.717) is 12.1 Å². The molecule has 1 heterocycles. The molecule has 0 unspecified atom stereocenters. The summed E-state index contributed by atoms with van der Waals surface area (Å²) in [6.07, 6.45) is 3.38. The Balaban J connectivity index is 2.53. The highest BCUT2D eigenvalue weighted by atomic mass is 19.1. The minimum atomic E-state index is -0.251. The van der Waals surface area contributed by atoms with Crippen LogP contribution in [0.5, 0.6) is 0 Å².